The largest absolute Gasteiger partial charge is 0.348 e. The van der Waals surface area contributed by atoms with Crippen molar-refractivity contribution < 1.29 is 4.39 Å². The predicted octanol–water partition coefficient (Wildman–Crippen LogP) is 3.57. The molecule has 1 aromatic carbocycles. The summed E-state index contributed by atoms with van der Waals surface area (Å²) in [5.74, 6) is -0.284. The van der Waals surface area contributed by atoms with Crippen LogP contribution in [0.2, 0.25) is 0 Å². The monoisotopic (exact) mass is 380 g/mol. The second-order valence-electron chi connectivity index (χ2n) is 7.48. The molecule has 0 saturated carbocycles. The Balaban J connectivity index is 1.73. The standard InChI is InChI=1S/C22H25FN4O/c1-4-27-21-7-8-26(12-20-15(3)24-13-25-20)11-17(21)9-18(22(27)28)16-6-5-14(2)19(23)10-16/h5-6,9-10,13H,4,7-8,11-12H2,1-3H3,(H,24,25). The first-order chi connectivity index (χ1) is 13.5. The maximum Gasteiger partial charge on any atom is 0.258 e. The number of nitrogens with one attached hydrogen (secondary N) is 1. The maximum absolute atomic E-state index is 14.1. The minimum absolute atomic E-state index is 0.0406. The number of aryl methyl sites for hydroxylation is 2. The average Bonchev–Trinajstić information content (AvgIpc) is 3.08. The fraction of sp³-hybridized carbons (Fsp3) is 0.364. The summed E-state index contributed by atoms with van der Waals surface area (Å²) >= 11 is 0. The summed E-state index contributed by atoms with van der Waals surface area (Å²) in [7, 11) is 0. The minimum atomic E-state index is -0.284. The first-order valence-corrected chi connectivity index (χ1v) is 9.71. The number of aromatic amines is 1. The van der Waals surface area contributed by atoms with Gasteiger partial charge in [-0.3, -0.25) is 9.69 Å². The van der Waals surface area contributed by atoms with Crippen molar-refractivity contribution in [3.8, 4) is 11.1 Å². The van der Waals surface area contributed by atoms with E-state index in [4.69, 9.17) is 0 Å². The molecule has 0 fully saturated rings. The molecule has 146 valence electrons. The molecule has 3 heterocycles. The molecular weight excluding hydrogens is 355 g/mol. The Morgan fingerprint density at radius 1 is 1.25 bits per heavy atom. The molecule has 0 spiro atoms. The highest BCUT2D eigenvalue weighted by molar-refractivity contribution is 5.64. The van der Waals surface area contributed by atoms with Crippen LogP contribution in [0.1, 0.15) is 35.1 Å². The van der Waals surface area contributed by atoms with Crippen LogP contribution in [0.4, 0.5) is 4.39 Å². The van der Waals surface area contributed by atoms with E-state index >= 15 is 0 Å². The van der Waals surface area contributed by atoms with Crippen LogP contribution in [0.25, 0.3) is 11.1 Å². The number of benzene rings is 1. The fourth-order valence-corrected chi connectivity index (χ4v) is 3.97. The lowest BCUT2D eigenvalue weighted by Gasteiger charge is -2.30. The Kier molecular flexibility index (Phi) is 4.89. The molecule has 0 amide bonds. The average molecular weight is 380 g/mol. The van der Waals surface area contributed by atoms with E-state index in [2.05, 4.69) is 14.9 Å². The molecule has 0 atom stereocenters. The molecule has 2 aromatic heterocycles. The van der Waals surface area contributed by atoms with Gasteiger partial charge >= 0.3 is 0 Å². The van der Waals surface area contributed by atoms with Crippen LogP contribution in [0.15, 0.2) is 35.4 Å². The van der Waals surface area contributed by atoms with Gasteiger partial charge in [-0.05, 0) is 49.6 Å². The molecule has 0 unspecified atom stereocenters. The number of rotatable bonds is 4. The Bertz CT molecular complexity index is 1080. The highest BCUT2D eigenvalue weighted by Crippen LogP contribution is 2.26. The van der Waals surface area contributed by atoms with Gasteiger partial charge in [-0.1, -0.05) is 12.1 Å². The lowest BCUT2D eigenvalue weighted by Crippen LogP contribution is -2.36. The van der Waals surface area contributed by atoms with E-state index < -0.39 is 0 Å². The lowest BCUT2D eigenvalue weighted by atomic mass is 9.98. The van der Waals surface area contributed by atoms with E-state index in [1.807, 2.05) is 30.5 Å². The molecule has 6 heteroatoms. The molecule has 28 heavy (non-hydrogen) atoms. The van der Waals surface area contributed by atoms with E-state index in [9.17, 15) is 9.18 Å². The number of pyridine rings is 1. The SMILES string of the molecule is CCn1c2c(cc(-c3ccc(C)c(F)c3)c1=O)CN(Cc1nc[nH]c1C)CC2. The third-order valence-electron chi connectivity index (χ3n) is 5.66. The van der Waals surface area contributed by atoms with Crippen molar-refractivity contribution in [2.75, 3.05) is 6.54 Å². The van der Waals surface area contributed by atoms with Crippen molar-refractivity contribution in [1.29, 1.82) is 0 Å². The smallest absolute Gasteiger partial charge is 0.258 e. The molecule has 5 nitrogen and oxygen atoms in total. The van der Waals surface area contributed by atoms with Gasteiger partial charge in [-0.25, -0.2) is 9.37 Å². The van der Waals surface area contributed by atoms with Gasteiger partial charge in [0, 0.05) is 49.6 Å². The van der Waals surface area contributed by atoms with Gasteiger partial charge < -0.3 is 9.55 Å². The molecule has 0 aliphatic carbocycles. The molecule has 1 aliphatic heterocycles. The number of hydrogen-bond donors (Lipinski definition) is 1. The number of imidazole rings is 1. The Morgan fingerprint density at radius 2 is 2.07 bits per heavy atom. The van der Waals surface area contributed by atoms with E-state index in [0.29, 0.717) is 23.2 Å². The van der Waals surface area contributed by atoms with Gasteiger partial charge in [-0.15, -0.1) is 0 Å². The maximum atomic E-state index is 14.1. The van der Waals surface area contributed by atoms with Crippen molar-refractivity contribution in [3.63, 3.8) is 0 Å². The predicted molar refractivity (Wildman–Crippen MR) is 108 cm³/mol. The van der Waals surface area contributed by atoms with Crippen molar-refractivity contribution in [2.45, 2.75) is 46.8 Å². The fourth-order valence-electron chi connectivity index (χ4n) is 3.97. The first kappa shape index (κ1) is 18.6. The number of nitrogens with zero attached hydrogens (tertiary/aromatic N) is 3. The molecule has 1 N–H and O–H groups in total. The van der Waals surface area contributed by atoms with Gasteiger partial charge in [0.2, 0.25) is 0 Å². The summed E-state index contributed by atoms with van der Waals surface area (Å²) in [4.78, 5) is 22.9. The van der Waals surface area contributed by atoms with Crippen molar-refractivity contribution in [2.24, 2.45) is 0 Å². The number of H-pyrrole nitrogens is 1. The molecule has 0 radical (unpaired) electrons. The van der Waals surface area contributed by atoms with Crippen LogP contribution >= 0.6 is 0 Å². The van der Waals surface area contributed by atoms with Crippen LogP contribution < -0.4 is 5.56 Å². The Labute approximate surface area is 163 Å². The quantitative estimate of drug-likeness (QED) is 0.753. The second kappa shape index (κ2) is 7.36. The van der Waals surface area contributed by atoms with Gasteiger partial charge in [0.1, 0.15) is 5.82 Å². The molecule has 4 rings (SSSR count). The molecule has 0 bridgehead atoms. The highest BCUT2D eigenvalue weighted by atomic mass is 19.1. The highest BCUT2D eigenvalue weighted by Gasteiger charge is 2.23. The first-order valence-electron chi connectivity index (χ1n) is 9.71. The third kappa shape index (κ3) is 3.29. The number of aromatic nitrogens is 3. The zero-order valence-electron chi connectivity index (χ0n) is 16.6. The normalized spacial score (nSPS) is 14.3. The van der Waals surface area contributed by atoms with Crippen molar-refractivity contribution >= 4 is 0 Å². The van der Waals surface area contributed by atoms with Crippen molar-refractivity contribution in [3.05, 3.63) is 75.0 Å². The van der Waals surface area contributed by atoms with Crippen LogP contribution in [-0.2, 0) is 26.1 Å². The van der Waals surface area contributed by atoms with Gasteiger partial charge in [-0.2, -0.15) is 0 Å². The van der Waals surface area contributed by atoms with Crippen LogP contribution in [0.3, 0.4) is 0 Å². The molecule has 0 saturated heterocycles. The van der Waals surface area contributed by atoms with Gasteiger partial charge in [0.25, 0.3) is 5.56 Å². The van der Waals surface area contributed by atoms with E-state index in [1.54, 1.807) is 19.3 Å². The summed E-state index contributed by atoms with van der Waals surface area (Å²) in [6.07, 6.45) is 2.55. The summed E-state index contributed by atoms with van der Waals surface area (Å²) in [5, 5.41) is 0. The molecule has 3 aromatic rings. The van der Waals surface area contributed by atoms with Gasteiger partial charge in [0.05, 0.1) is 12.0 Å². The Hall–Kier alpha value is -2.73. The Morgan fingerprint density at radius 3 is 2.75 bits per heavy atom. The number of hydrogen-bond acceptors (Lipinski definition) is 3. The lowest BCUT2D eigenvalue weighted by molar-refractivity contribution is 0.237. The van der Waals surface area contributed by atoms with E-state index in [1.165, 1.54) is 6.07 Å². The topological polar surface area (TPSA) is 53.9 Å². The summed E-state index contributed by atoms with van der Waals surface area (Å²) in [5.41, 5.74) is 6.11. The summed E-state index contributed by atoms with van der Waals surface area (Å²) < 4.78 is 15.9. The zero-order valence-corrected chi connectivity index (χ0v) is 16.6. The van der Waals surface area contributed by atoms with Crippen LogP contribution in [-0.4, -0.2) is 26.0 Å². The third-order valence-corrected chi connectivity index (χ3v) is 5.66. The van der Waals surface area contributed by atoms with E-state index in [0.717, 1.165) is 48.7 Å². The second-order valence-corrected chi connectivity index (χ2v) is 7.48. The summed E-state index contributed by atoms with van der Waals surface area (Å²) in [6, 6.07) is 6.98. The molecule has 1 aliphatic rings. The summed E-state index contributed by atoms with van der Waals surface area (Å²) in [6.45, 7) is 8.77. The van der Waals surface area contributed by atoms with Crippen LogP contribution in [0.5, 0.6) is 0 Å². The van der Waals surface area contributed by atoms with Crippen LogP contribution in [0, 0.1) is 19.7 Å². The number of halogens is 1. The van der Waals surface area contributed by atoms with E-state index in [-0.39, 0.29) is 11.4 Å². The van der Waals surface area contributed by atoms with Gasteiger partial charge in [0.15, 0.2) is 0 Å². The van der Waals surface area contributed by atoms with Crippen molar-refractivity contribution in [1.82, 2.24) is 19.4 Å². The number of fused-ring (bicyclic) bond motifs is 1. The molecular formula is C22H25FN4O. The zero-order chi connectivity index (χ0) is 19.8. The minimum Gasteiger partial charge on any atom is -0.348 e.